The molecule has 0 saturated carbocycles. The Bertz CT molecular complexity index is 318. The molecule has 0 radical (unpaired) electrons. The van der Waals surface area contributed by atoms with Crippen molar-refractivity contribution in [2.45, 2.75) is 32.8 Å². The lowest BCUT2D eigenvalue weighted by molar-refractivity contribution is 0.0287. The summed E-state index contributed by atoms with van der Waals surface area (Å²) in [4.78, 5) is 15.5. The third kappa shape index (κ3) is 10.9. The number of hydrogen-bond donors (Lipinski definition) is 2. The molecule has 0 rings (SSSR count). The highest BCUT2D eigenvalue weighted by Crippen LogP contribution is 2.09. The summed E-state index contributed by atoms with van der Waals surface area (Å²) in [6.45, 7) is 7.92. The van der Waals surface area contributed by atoms with E-state index in [9.17, 15) is 4.79 Å². The number of nitrogens with zero attached hydrogens (tertiary/aromatic N) is 2. The summed E-state index contributed by atoms with van der Waals surface area (Å²) in [5.41, 5.74) is 4.81. The molecule has 7 heteroatoms. The number of likely N-dealkylation sites (N-methyl/N-ethyl adjacent to an activating group) is 2. The molecule has 0 aliphatic carbocycles. The summed E-state index contributed by atoms with van der Waals surface area (Å²) in [5, 5.41) is 7.27. The van der Waals surface area contributed by atoms with Gasteiger partial charge in [0.05, 0.1) is 0 Å². The van der Waals surface area contributed by atoms with E-state index in [4.69, 9.17) is 15.9 Å². The highest BCUT2D eigenvalue weighted by molar-refractivity contribution is 8.13. The molecule has 0 unspecified atom stereocenters. The van der Waals surface area contributed by atoms with Crippen LogP contribution < -0.4 is 5.73 Å². The maximum Gasteiger partial charge on any atom is 0.410 e. The molecule has 3 N–H and O–H groups in total. The van der Waals surface area contributed by atoms with E-state index in [1.165, 1.54) is 11.8 Å². The summed E-state index contributed by atoms with van der Waals surface area (Å²) in [6.07, 6.45) is 0.676. The molecule has 118 valence electrons. The molecule has 0 fully saturated rings. The zero-order chi connectivity index (χ0) is 15.8. The molecule has 0 bridgehead atoms. The Kier molecular flexibility index (Phi) is 8.64. The number of rotatable bonds is 7. The Morgan fingerprint density at radius 2 is 1.85 bits per heavy atom. The smallest absolute Gasteiger partial charge is 0.410 e. The standard InChI is InChI=1S/C13H28N4O2S/c1-13(2,3)19-12(18)17(5)9-8-16(4)7-6-10-20-11(14)15/h6-10H2,1-5H3,(H3,14,15). The van der Waals surface area contributed by atoms with Crippen molar-refractivity contribution < 1.29 is 9.53 Å². The summed E-state index contributed by atoms with van der Waals surface area (Å²) in [7, 11) is 3.76. The summed E-state index contributed by atoms with van der Waals surface area (Å²) in [5.74, 6) is 0.849. The molecule has 0 aromatic heterocycles. The largest absolute Gasteiger partial charge is 0.444 e. The highest BCUT2D eigenvalue weighted by atomic mass is 32.2. The number of amides is 1. The maximum absolute atomic E-state index is 11.8. The van der Waals surface area contributed by atoms with E-state index < -0.39 is 5.60 Å². The van der Waals surface area contributed by atoms with Crippen LogP contribution in [0.2, 0.25) is 0 Å². The van der Waals surface area contributed by atoms with Crippen molar-refractivity contribution in [3.8, 4) is 0 Å². The van der Waals surface area contributed by atoms with Crippen LogP contribution in [0, 0.1) is 5.41 Å². The van der Waals surface area contributed by atoms with E-state index in [1.807, 2.05) is 27.8 Å². The van der Waals surface area contributed by atoms with E-state index in [0.717, 1.165) is 25.3 Å². The van der Waals surface area contributed by atoms with Gasteiger partial charge in [0.1, 0.15) is 5.60 Å². The van der Waals surface area contributed by atoms with Crippen LogP contribution in [-0.4, -0.2) is 66.1 Å². The second-order valence-corrected chi connectivity index (χ2v) is 6.91. The van der Waals surface area contributed by atoms with Crippen molar-refractivity contribution >= 4 is 23.0 Å². The minimum atomic E-state index is -0.457. The quantitative estimate of drug-likeness (QED) is 0.426. The predicted octanol–water partition coefficient (Wildman–Crippen LogP) is 1.80. The molecule has 0 aromatic rings. The zero-order valence-electron chi connectivity index (χ0n) is 13.2. The SMILES string of the molecule is CN(CCCSC(=N)N)CCN(C)C(=O)OC(C)(C)C. The lowest BCUT2D eigenvalue weighted by Crippen LogP contribution is -2.38. The fourth-order valence-corrected chi connectivity index (χ4v) is 1.87. The normalized spacial score (nSPS) is 11.5. The molecular formula is C13H28N4O2S. The van der Waals surface area contributed by atoms with Gasteiger partial charge >= 0.3 is 6.09 Å². The van der Waals surface area contributed by atoms with E-state index in [1.54, 1.807) is 11.9 Å². The average molecular weight is 304 g/mol. The monoisotopic (exact) mass is 304 g/mol. The van der Waals surface area contributed by atoms with Gasteiger partial charge in [-0.05, 0) is 40.8 Å². The Labute approximate surface area is 126 Å². The lowest BCUT2D eigenvalue weighted by atomic mass is 10.2. The van der Waals surface area contributed by atoms with Crippen molar-refractivity contribution in [2.75, 3.05) is 39.5 Å². The van der Waals surface area contributed by atoms with Crippen LogP contribution in [-0.2, 0) is 4.74 Å². The number of nitrogens with two attached hydrogens (primary N) is 1. The van der Waals surface area contributed by atoms with Gasteiger partial charge in [0.2, 0.25) is 0 Å². The van der Waals surface area contributed by atoms with E-state index >= 15 is 0 Å². The van der Waals surface area contributed by atoms with Gasteiger partial charge in [-0.2, -0.15) is 0 Å². The molecule has 0 heterocycles. The molecule has 0 aliphatic rings. The number of amidine groups is 1. The molecule has 0 saturated heterocycles. The Balaban J connectivity index is 3.80. The fourth-order valence-electron chi connectivity index (χ4n) is 1.38. The number of carbonyl (C=O) groups is 1. The number of carbonyl (C=O) groups excluding carboxylic acids is 1. The minimum absolute atomic E-state index is 0.164. The number of thioether (sulfide) groups is 1. The first-order valence-electron chi connectivity index (χ1n) is 6.71. The van der Waals surface area contributed by atoms with Crippen molar-refractivity contribution in [1.29, 1.82) is 5.41 Å². The van der Waals surface area contributed by atoms with Crippen LogP contribution in [0.5, 0.6) is 0 Å². The van der Waals surface area contributed by atoms with Crippen LogP contribution >= 0.6 is 11.8 Å². The Morgan fingerprint density at radius 3 is 2.35 bits per heavy atom. The second kappa shape index (κ2) is 9.07. The van der Waals surface area contributed by atoms with Gasteiger partial charge in [-0.1, -0.05) is 11.8 Å². The van der Waals surface area contributed by atoms with Gasteiger partial charge in [-0.15, -0.1) is 0 Å². The van der Waals surface area contributed by atoms with Crippen molar-refractivity contribution in [1.82, 2.24) is 9.80 Å². The Morgan fingerprint density at radius 1 is 1.25 bits per heavy atom. The van der Waals surface area contributed by atoms with Gasteiger partial charge in [-0.3, -0.25) is 5.41 Å². The van der Waals surface area contributed by atoms with Gasteiger partial charge in [0.15, 0.2) is 5.17 Å². The van der Waals surface area contributed by atoms with Crippen LogP contribution in [0.3, 0.4) is 0 Å². The molecule has 20 heavy (non-hydrogen) atoms. The molecule has 1 amide bonds. The Hall–Kier alpha value is -0.950. The summed E-state index contributed by atoms with van der Waals surface area (Å²) in [6, 6.07) is 0. The minimum Gasteiger partial charge on any atom is -0.444 e. The van der Waals surface area contributed by atoms with Gasteiger partial charge < -0.3 is 20.3 Å². The van der Waals surface area contributed by atoms with E-state index in [2.05, 4.69) is 4.90 Å². The van der Waals surface area contributed by atoms with Gasteiger partial charge in [0, 0.05) is 25.9 Å². The molecule has 0 aromatic carbocycles. The summed E-state index contributed by atoms with van der Waals surface area (Å²) >= 11 is 1.36. The maximum atomic E-state index is 11.8. The number of nitrogens with one attached hydrogen (secondary N) is 1. The average Bonchev–Trinajstić information content (AvgIpc) is 2.29. The molecule has 0 spiro atoms. The third-order valence-electron chi connectivity index (χ3n) is 2.46. The van der Waals surface area contributed by atoms with Crippen LogP contribution in [0.25, 0.3) is 0 Å². The first-order chi connectivity index (χ1) is 9.11. The molecule has 0 atom stereocenters. The second-order valence-electron chi connectivity index (χ2n) is 5.77. The van der Waals surface area contributed by atoms with Crippen LogP contribution in [0.15, 0.2) is 0 Å². The fraction of sp³-hybridized carbons (Fsp3) is 0.846. The van der Waals surface area contributed by atoms with Crippen molar-refractivity contribution in [3.63, 3.8) is 0 Å². The number of ether oxygens (including phenoxy) is 1. The molecule has 6 nitrogen and oxygen atoms in total. The van der Waals surface area contributed by atoms with E-state index in [0.29, 0.717) is 6.54 Å². The van der Waals surface area contributed by atoms with Crippen LogP contribution in [0.4, 0.5) is 4.79 Å². The van der Waals surface area contributed by atoms with Gasteiger partial charge in [-0.25, -0.2) is 4.79 Å². The predicted molar refractivity (Wildman–Crippen MR) is 85.4 cm³/mol. The molecule has 0 aliphatic heterocycles. The molecular weight excluding hydrogens is 276 g/mol. The highest BCUT2D eigenvalue weighted by Gasteiger charge is 2.19. The summed E-state index contributed by atoms with van der Waals surface area (Å²) < 4.78 is 5.28. The van der Waals surface area contributed by atoms with Crippen LogP contribution in [0.1, 0.15) is 27.2 Å². The first-order valence-corrected chi connectivity index (χ1v) is 7.70. The van der Waals surface area contributed by atoms with Gasteiger partial charge in [0.25, 0.3) is 0 Å². The third-order valence-corrected chi connectivity index (χ3v) is 3.27. The van der Waals surface area contributed by atoms with Crippen molar-refractivity contribution in [2.24, 2.45) is 5.73 Å². The lowest BCUT2D eigenvalue weighted by Gasteiger charge is -2.26. The zero-order valence-corrected chi connectivity index (χ0v) is 14.0. The number of hydrogen-bond acceptors (Lipinski definition) is 5. The first kappa shape index (κ1) is 19.1. The topological polar surface area (TPSA) is 82.7 Å². The van der Waals surface area contributed by atoms with Crippen molar-refractivity contribution in [3.05, 3.63) is 0 Å². The van der Waals surface area contributed by atoms with E-state index in [-0.39, 0.29) is 11.3 Å².